The van der Waals surface area contributed by atoms with Crippen LogP contribution in [0.3, 0.4) is 0 Å². The van der Waals surface area contributed by atoms with Crippen LogP contribution in [-0.4, -0.2) is 25.3 Å². The van der Waals surface area contributed by atoms with Gasteiger partial charge in [0.1, 0.15) is 0 Å². The van der Waals surface area contributed by atoms with Crippen molar-refractivity contribution >= 4 is 0 Å². The molecule has 0 aromatic rings. The molecule has 2 aliphatic rings. The Kier molecular flexibility index (Phi) is 4.26. The van der Waals surface area contributed by atoms with Gasteiger partial charge in [0.2, 0.25) is 0 Å². The largest absolute Gasteiger partial charge is 0.378 e. The van der Waals surface area contributed by atoms with Gasteiger partial charge in [0, 0.05) is 18.1 Å². The first-order chi connectivity index (χ1) is 7.83. The summed E-state index contributed by atoms with van der Waals surface area (Å²) in [6, 6.07) is 0.748. The molecule has 0 aliphatic heterocycles. The van der Waals surface area contributed by atoms with Crippen LogP contribution in [0.1, 0.15) is 58.8 Å². The molecule has 0 saturated heterocycles. The molecule has 2 atom stereocenters. The van der Waals surface area contributed by atoms with Crippen molar-refractivity contribution in [2.45, 2.75) is 70.9 Å². The number of rotatable bonds is 6. The van der Waals surface area contributed by atoms with Crippen molar-refractivity contribution in [2.75, 3.05) is 13.2 Å². The molecule has 0 aromatic heterocycles. The van der Waals surface area contributed by atoms with E-state index in [2.05, 4.69) is 19.2 Å². The lowest BCUT2D eigenvalue weighted by Gasteiger charge is -2.54. The maximum Gasteiger partial charge on any atom is 0.0661 e. The van der Waals surface area contributed by atoms with Crippen LogP contribution in [0.15, 0.2) is 0 Å². The summed E-state index contributed by atoms with van der Waals surface area (Å²) in [7, 11) is 0. The zero-order valence-electron chi connectivity index (χ0n) is 10.9. The molecule has 2 unspecified atom stereocenters. The molecule has 0 radical (unpaired) electrons. The third-order valence-corrected chi connectivity index (χ3v) is 4.61. The van der Waals surface area contributed by atoms with Gasteiger partial charge in [-0.3, -0.25) is 0 Å². The Morgan fingerprint density at radius 1 is 1.25 bits per heavy atom. The summed E-state index contributed by atoms with van der Waals surface area (Å²) in [5, 5.41) is 3.76. The molecule has 16 heavy (non-hydrogen) atoms. The van der Waals surface area contributed by atoms with E-state index in [0.29, 0.717) is 11.5 Å². The first-order valence-electron chi connectivity index (χ1n) is 7.18. The molecule has 2 heteroatoms. The molecule has 2 rings (SSSR count). The molecule has 94 valence electrons. The van der Waals surface area contributed by atoms with Crippen LogP contribution in [0.2, 0.25) is 0 Å². The molecule has 2 aliphatic carbocycles. The lowest BCUT2D eigenvalue weighted by Crippen LogP contribution is -2.62. The van der Waals surface area contributed by atoms with Gasteiger partial charge < -0.3 is 10.1 Å². The van der Waals surface area contributed by atoms with Crippen molar-refractivity contribution in [1.82, 2.24) is 5.32 Å². The molecule has 0 heterocycles. The van der Waals surface area contributed by atoms with Crippen molar-refractivity contribution in [3.8, 4) is 0 Å². The minimum absolute atomic E-state index is 0.518. The Bertz CT molecular complexity index is 209. The Hall–Kier alpha value is -0.0800. The van der Waals surface area contributed by atoms with E-state index in [9.17, 15) is 0 Å². The SMILES string of the molecule is CCCCNC1CC(OCC)C12CCCC2. The van der Waals surface area contributed by atoms with Crippen molar-refractivity contribution < 1.29 is 4.74 Å². The molecule has 0 bridgehead atoms. The maximum atomic E-state index is 5.91. The van der Waals surface area contributed by atoms with Crippen molar-refractivity contribution in [1.29, 1.82) is 0 Å². The summed E-state index contributed by atoms with van der Waals surface area (Å²) in [4.78, 5) is 0. The van der Waals surface area contributed by atoms with Crippen LogP contribution in [0.4, 0.5) is 0 Å². The number of nitrogens with one attached hydrogen (secondary N) is 1. The highest BCUT2D eigenvalue weighted by atomic mass is 16.5. The molecular weight excluding hydrogens is 198 g/mol. The van der Waals surface area contributed by atoms with E-state index < -0.39 is 0 Å². The van der Waals surface area contributed by atoms with Gasteiger partial charge in [-0.1, -0.05) is 26.2 Å². The summed E-state index contributed by atoms with van der Waals surface area (Å²) in [6.45, 7) is 6.47. The van der Waals surface area contributed by atoms with Gasteiger partial charge in [-0.25, -0.2) is 0 Å². The Balaban J connectivity index is 1.85. The quantitative estimate of drug-likeness (QED) is 0.701. The van der Waals surface area contributed by atoms with E-state index in [1.165, 1.54) is 51.5 Å². The van der Waals surface area contributed by atoms with Crippen LogP contribution in [0, 0.1) is 5.41 Å². The van der Waals surface area contributed by atoms with E-state index in [1.54, 1.807) is 0 Å². The number of ether oxygens (including phenoxy) is 1. The summed E-state index contributed by atoms with van der Waals surface area (Å²) in [6.07, 6.45) is 10.0. The van der Waals surface area contributed by atoms with Crippen LogP contribution in [0.5, 0.6) is 0 Å². The first-order valence-corrected chi connectivity index (χ1v) is 7.18. The van der Waals surface area contributed by atoms with Gasteiger partial charge in [0.25, 0.3) is 0 Å². The van der Waals surface area contributed by atoms with E-state index in [-0.39, 0.29) is 0 Å². The van der Waals surface area contributed by atoms with Crippen molar-refractivity contribution in [2.24, 2.45) is 5.41 Å². The molecule has 0 aromatic carbocycles. The van der Waals surface area contributed by atoms with Gasteiger partial charge >= 0.3 is 0 Å². The zero-order chi connectivity index (χ0) is 11.4. The highest BCUT2D eigenvalue weighted by Gasteiger charge is 2.56. The minimum atomic E-state index is 0.518. The second kappa shape index (κ2) is 5.50. The van der Waals surface area contributed by atoms with Crippen molar-refractivity contribution in [3.05, 3.63) is 0 Å². The molecule has 2 fully saturated rings. The molecule has 2 saturated carbocycles. The fourth-order valence-electron chi connectivity index (χ4n) is 3.63. The van der Waals surface area contributed by atoms with Crippen LogP contribution in [0.25, 0.3) is 0 Å². The summed E-state index contributed by atoms with van der Waals surface area (Å²) < 4.78 is 5.91. The van der Waals surface area contributed by atoms with Crippen LogP contribution in [-0.2, 0) is 4.74 Å². The standard InChI is InChI=1S/C14H27NO/c1-3-5-10-15-12-11-13(16-4-2)14(12)8-6-7-9-14/h12-13,15H,3-11H2,1-2H3. The number of hydrogen-bond donors (Lipinski definition) is 1. The predicted octanol–water partition coefficient (Wildman–Crippen LogP) is 3.11. The number of unbranched alkanes of at least 4 members (excludes halogenated alkanes) is 1. The minimum Gasteiger partial charge on any atom is -0.378 e. The number of hydrogen-bond acceptors (Lipinski definition) is 2. The molecule has 1 N–H and O–H groups in total. The Labute approximate surface area is 100 Å². The Morgan fingerprint density at radius 2 is 2.00 bits per heavy atom. The average Bonchev–Trinajstić information content (AvgIpc) is 2.79. The predicted molar refractivity (Wildman–Crippen MR) is 67.6 cm³/mol. The normalized spacial score (nSPS) is 31.9. The maximum absolute atomic E-state index is 5.91. The van der Waals surface area contributed by atoms with Gasteiger partial charge in [0.15, 0.2) is 0 Å². The lowest BCUT2D eigenvalue weighted by molar-refractivity contribution is -0.130. The Morgan fingerprint density at radius 3 is 2.62 bits per heavy atom. The fraction of sp³-hybridized carbons (Fsp3) is 1.00. The van der Waals surface area contributed by atoms with E-state index >= 15 is 0 Å². The molecule has 2 nitrogen and oxygen atoms in total. The summed E-state index contributed by atoms with van der Waals surface area (Å²) in [5.41, 5.74) is 0.518. The second-order valence-corrected chi connectivity index (χ2v) is 5.48. The first kappa shape index (κ1) is 12.4. The van der Waals surface area contributed by atoms with Crippen LogP contribution >= 0.6 is 0 Å². The lowest BCUT2D eigenvalue weighted by atomic mass is 9.60. The molecule has 0 amide bonds. The monoisotopic (exact) mass is 225 g/mol. The highest BCUT2D eigenvalue weighted by molar-refractivity contribution is 5.09. The van der Waals surface area contributed by atoms with E-state index in [0.717, 1.165) is 12.6 Å². The summed E-state index contributed by atoms with van der Waals surface area (Å²) in [5.74, 6) is 0. The third kappa shape index (κ3) is 2.14. The second-order valence-electron chi connectivity index (χ2n) is 5.48. The van der Waals surface area contributed by atoms with E-state index in [4.69, 9.17) is 4.74 Å². The fourth-order valence-corrected chi connectivity index (χ4v) is 3.63. The van der Waals surface area contributed by atoms with Crippen LogP contribution < -0.4 is 5.32 Å². The van der Waals surface area contributed by atoms with Gasteiger partial charge in [-0.15, -0.1) is 0 Å². The zero-order valence-corrected chi connectivity index (χ0v) is 10.9. The molecule has 1 spiro atoms. The topological polar surface area (TPSA) is 21.3 Å². The molecular formula is C14H27NO. The average molecular weight is 225 g/mol. The smallest absolute Gasteiger partial charge is 0.0661 e. The van der Waals surface area contributed by atoms with Gasteiger partial charge in [-0.05, 0) is 39.2 Å². The third-order valence-electron chi connectivity index (χ3n) is 4.61. The van der Waals surface area contributed by atoms with Gasteiger partial charge in [0.05, 0.1) is 6.10 Å². The van der Waals surface area contributed by atoms with E-state index in [1.807, 2.05) is 0 Å². The van der Waals surface area contributed by atoms with Gasteiger partial charge in [-0.2, -0.15) is 0 Å². The summed E-state index contributed by atoms with van der Waals surface area (Å²) >= 11 is 0. The van der Waals surface area contributed by atoms with Crippen molar-refractivity contribution in [3.63, 3.8) is 0 Å². The highest BCUT2D eigenvalue weighted by Crippen LogP contribution is 2.54.